The molecule has 0 unspecified atom stereocenters. The smallest absolute Gasteiger partial charge is 0.205 e. The highest BCUT2D eigenvalue weighted by Gasteiger charge is 2.29. The van der Waals surface area contributed by atoms with E-state index in [-0.39, 0.29) is 0 Å². The topological polar surface area (TPSA) is 58.3 Å². The molecule has 100 valence electrons. The highest BCUT2D eigenvalue weighted by atomic mass is 32.1. The molecular formula is C12H21N5S. The van der Waals surface area contributed by atoms with E-state index in [9.17, 15) is 0 Å². The highest BCUT2D eigenvalue weighted by Crippen LogP contribution is 2.39. The molecule has 5 nitrogen and oxygen atoms in total. The largest absolute Gasteiger partial charge is 0.344 e. The van der Waals surface area contributed by atoms with Crippen LogP contribution >= 0.6 is 11.5 Å². The van der Waals surface area contributed by atoms with Crippen LogP contribution in [0.1, 0.15) is 31.0 Å². The summed E-state index contributed by atoms with van der Waals surface area (Å²) in [5.74, 6) is 1.75. The quantitative estimate of drug-likeness (QED) is 0.858. The molecule has 6 heteroatoms. The lowest BCUT2D eigenvalue weighted by Gasteiger charge is -2.34. The normalized spacial score (nSPS) is 21.5. The van der Waals surface area contributed by atoms with Crippen LogP contribution in [-0.2, 0) is 0 Å². The lowest BCUT2D eigenvalue weighted by atomic mass is 10.3. The third-order valence-electron chi connectivity index (χ3n) is 3.69. The highest BCUT2D eigenvalue weighted by molar-refractivity contribution is 7.09. The number of hydrogen-bond acceptors (Lipinski definition) is 6. The predicted molar refractivity (Wildman–Crippen MR) is 74.2 cm³/mol. The van der Waals surface area contributed by atoms with Gasteiger partial charge in [0.15, 0.2) is 0 Å². The van der Waals surface area contributed by atoms with Crippen molar-refractivity contribution in [2.45, 2.75) is 25.2 Å². The first kappa shape index (κ1) is 12.3. The van der Waals surface area contributed by atoms with Gasteiger partial charge in [-0.1, -0.05) is 0 Å². The number of hydrogen-bond donors (Lipinski definition) is 1. The van der Waals surface area contributed by atoms with E-state index in [0.29, 0.717) is 5.92 Å². The molecule has 0 atom stereocenters. The fourth-order valence-corrected chi connectivity index (χ4v) is 3.14. The molecule has 1 aliphatic heterocycles. The van der Waals surface area contributed by atoms with Crippen LogP contribution in [-0.4, -0.2) is 53.5 Å². The lowest BCUT2D eigenvalue weighted by Crippen LogP contribution is -2.46. The van der Waals surface area contributed by atoms with Crippen molar-refractivity contribution in [1.82, 2.24) is 14.3 Å². The number of nitrogens with zero attached hydrogens (tertiary/aromatic N) is 4. The molecule has 3 rings (SSSR count). The van der Waals surface area contributed by atoms with Gasteiger partial charge in [0.1, 0.15) is 5.82 Å². The molecule has 1 aliphatic carbocycles. The number of nitrogens with two attached hydrogens (primary N) is 1. The minimum atomic E-state index is 0.667. The van der Waals surface area contributed by atoms with Crippen LogP contribution in [0.5, 0.6) is 0 Å². The second kappa shape index (κ2) is 5.50. The van der Waals surface area contributed by atoms with Crippen LogP contribution in [0, 0.1) is 0 Å². The van der Waals surface area contributed by atoms with E-state index in [1.165, 1.54) is 12.8 Å². The molecule has 1 saturated heterocycles. The van der Waals surface area contributed by atoms with Gasteiger partial charge in [-0.25, -0.2) is 4.98 Å². The molecule has 2 N–H and O–H groups in total. The lowest BCUT2D eigenvalue weighted by molar-refractivity contribution is 0.256. The Kier molecular flexibility index (Phi) is 3.77. The Morgan fingerprint density at radius 3 is 2.67 bits per heavy atom. The van der Waals surface area contributed by atoms with Crippen molar-refractivity contribution < 1.29 is 0 Å². The molecular weight excluding hydrogens is 246 g/mol. The standard InChI is InChI=1S/C12H21N5S/c13-4-1-5-16-6-8-17(9-7-16)12-14-11(15-18-12)10-2-3-10/h10H,1-9,13H2. The Morgan fingerprint density at radius 2 is 2.00 bits per heavy atom. The van der Waals surface area contributed by atoms with E-state index in [0.717, 1.165) is 56.6 Å². The molecule has 0 amide bonds. The van der Waals surface area contributed by atoms with Crippen LogP contribution in [0.25, 0.3) is 0 Å². The molecule has 2 fully saturated rings. The van der Waals surface area contributed by atoms with Gasteiger partial charge in [-0.2, -0.15) is 4.37 Å². The van der Waals surface area contributed by atoms with Crippen molar-refractivity contribution in [1.29, 1.82) is 0 Å². The van der Waals surface area contributed by atoms with Gasteiger partial charge in [0.2, 0.25) is 5.13 Å². The first-order valence-electron chi connectivity index (χ1n) is 6.88. The fraction of sp³-hybridized carbons (Fsp3) is 0.833. The van der Waals surface area contributed by atoms with Crippen molar-refractivity contribution in [2.75, 3.05) is 44.2 Å². The average Bonchev–Trinajstić information content (AvgIpc) is 3.15. The van der Waals surface area contributed by atoms with Gasteiger partial charge < -0.3 is 10.6 Å². The summed E-state index contributed by atoms with van der Waals surface area (Å²) in [5, 5.41) is 1.12. The summed E-state index contributed by atoms with van der Waals surface area (Å²) in [4.78, 5) is 9.55. The van der Waals surface area contributed by atoms with Gasteiger partial charge in [0.05, 0.1) is 0 Å². The van der Waals surface area contributed by atoms with Crippen molar-refractivity contribution in [3.63, 3.8) is 0 Å². The molecule has 1 saturated carbocycles. The summed E-state index contributed by atoms with van der Waals surface area (Å²) in [5.41, 5.74) is 5.55. The molecule has 0 radical (unpaired) electrons. The van der Waals surface area contributed by atoms with E-state index in [4.69, 9.17) is 5.73 Å². The van der Waals surface area contributed by atoms with Crippen LogP contribution in [0.15, 0.2) is 0 Å². The molecule has 2 heterocycles. The first-order valence-corrected chi connectivity index (χ1v) is 7.65. The maximum Gasteiger partial charge on any atom is 0.205 e. The van der Waals surface area contributed by atoms with Gasteiger partial charge in [-0.05, 0) is 32.4 Å². The number of rotatable bonds is 5. The monoisotopic (exact) mass is 267 g/mol. The number of piperazine rings is 1. The molecule has 1 aromatic rings. The van der Waals surface area contributed by atoms with Crippen LogP contribution in [0.2, 0.25) is 0 Å². The Labute approximate surface area is 112 Å². The summed E-state index contributed by atoms with van der Waals surface area (Å²) in [6.07, 6.45) is 3.66. The van der Waals surface area contributed by atoms with E-state index in [1.807, 2.05) is 0 Å². The zero-order chi connectivity index (χ0) is 12.4. The fourth-order valence-electron chi connectivity index (χ4n) is 2.34. The minimum absolute atomic E-state index is 0.667. The summed E-state index contributed by atoms with van der Waals surface area (Å²) < 4.78 is 4.48. The van der Waals surface area contributed by atoms with Gasteiger partial charge in [0, 0.05) is 43.6 Å². The number of anilines is 1. The van der Waals surface area contributed by atoms with Crippen molar-refractivity contribution in [3.8, 4) is 0 Å². The Hall–Kier alpha value is -0.720. The maximum absolute atomic E-state index is 5.55. The summed E-state index contributed by atoms with van der Waals surface area (Å²) in [6, 6.07) is 0. The van der Waals surface area contributed by atoms with E-state index in [1.54, 1.807) is 11.5 Å². The molecule has 0 spiro atoms. The average molecular weight is 267 g/mol. The SMILES string of the molecule is NCCCN1CCN(c2nc(C3CC3)ns2)CC1. The van der Waals surface area contributed by atoms with E-state index in [2.05, 4.69) is 19.2 Å². The molecule has 0 bridgehead atoms. The van der Waals surface area contributed by atoms with Gasteiger partial charge in [-0.3, -0.25) is 4.90 Å². The second-order valence-corrected chi connectivity index (χ2v) is 5.91. The third kappa shape index (κ3) is 2.81. The van der Waals surface area contributed by atoms with Crippen LogP contribution < -0.4 is 10.6 Å². The summed E-state index contributed by atoms with van der Waals surface area (Å²) in [6.45, 7) is 6.32. The third-order valence-corrected chi connectivity index (χ3v) is 4.49. The van der Waals surface area contributed by atoms with Crippen LogP contribution in [0.3, 0.4) is 0 Å². The molecule has 1 aromatic heterocycles. The van der Waals surface area contributed by atoms with E-state index >= 15 is 0 Å². The molecule has 18 heavy (non-hydrogen) atoms. The van der Waals surface area contributed by atoms with Gasteiger partial charge in [-0.15, -0.1) is 0 Å². The van der Waals surface area contributed by atoms with Crippen molar-refractivity contribution in [2.24, 2.45) is 5.73 Å². The zero-order valence-corrected chi connectivity index (χ0v) is 11.5. The van der Waals surface area contributed by atoms with Crippen molar-refractivity contribution >= 4 is 16.7 Å². The molecule has 0 aromatic carbocycles. The summed E-state index contributed by atoms with van der Waals surface area (Å²) in [7, 11) is 0. The first-order chi connectivity index (χ1) is 8.86. The van der Waals surface area contributed by atoms with Crippen molar-refractivity contribution in [3.05, 3.63) is 5.82 Å². The number of aromatic nitrogens is 2. The van der Waals surface area contributed by atoms with Crippen LogP contribution in [0.4, 0.5) is 5.13 Å². The predicted octanol–water partition coefficient (Wildman–Crippen LogP) is 0.886. The van der Waals surface area contributed by atoms with E-state index < -0.39 is 0 Å². The van der Waals surface area contributed by atoms with Gasteiger partial charge >= 0.3 is 0 Å². The Morgan fingerprint density at radius 1 is 1.22 bits per heavy atom. The Bertz CT molecular complexity index is 382. The summed E-state index contributed by atoms with van der Waals surface area (Å²) >= 11 is 1.57. The second-order valence-electron chi connectivity index (χ2n) is 5.18. The maximum atomic E-state index is 5.55. The van der Waals surface area contributed by atoms with Gasteiger partial charge in [0.25, 0.3) is 0 Å². The Balaban J connectivity index is 1.51. The zero-order valence-electron chi connectivity index (χ0n) is 10.7. The molecule has 2 aliphatic rings. The minimum Gasteiger partial charge on any atom is -0.344 e.